The van der Waals surface area contributed by atoms with E-state index in [0.29, 0.717) is 25.1 Å². The number of rotatable bonds is 6. The number of carbonyl (C=O) groups is 3. The minimum Gasteiger partial charge on any atom is -0.504 e. The second kappa shape index (κ2) is 10.3. The van der Waals surface area contributed by atoms with E-state index in [-0.39, 0.29) is 29.8 Å². The largest absolute Gasteiger partial charge is 0.504 e. The molecule has 7 atom stereocenters. The number of aromatic hydroxyl groups is 1. The van der Waals surface area contributed by atoms with E-state index in [1.54, 1.807) is 6.07 Å². The summed E-state index contributed by atoms with van der Waals surface area (Å²) in [6, 6.07) is 11.3. The van der Waals surface area contributed by atoms with Gasteiger partial charge in [-0.1, -0.05) is 30.3 Å². The fourth-order valence-corrected chi connectivity index (χ4v) is 8.12. The van der Waals surface area contributed by atoms with Crippen molar-refractivity contribution < 1.29 is 49.8 Å². The second-order valence-corrected chi connectivity index (χ2v) is 11.9. The predicted molar refractivity (Wildman–Crippen MR) is 150 cm³/mol. The van der Waals surface area contributed by atoms with Gasteiger partial charge >= 0.3 is 11.9 Å². The third kappa shape index (κ3) is 4.08. The Morgan fingerprint density at radius 1 is 1.07 bits per heavy atom. The van der Waals surface area contributed by atoms with Gasteiger partial charge in [0.1, 0.15) is 6.10 Å². The van der Waals surface area contributed by atoms with Gasteiger partial charge in [0.2, 0.25) is 0 Å². The van der Waals surface area contributed by atoms with Crippen LogP contribution in [0, 0.1) is 0 Å². The van der Waals surface area contributed by atoms with E-state index in [4.69, 9.17) is 25.2 Å². The van der Waals surface area contributed by atoms with Crippen molar-refractivity contribution in [2.45, 2.75) is 73.6 Å². The number of fused-ring (bicyclic) bond motifs is 1. The van der Waals surface area contributed by atoms with Gasteiger partial charge in [0.15, 0.2) is 23.7 Å². The van der Waals surface area contributed by atoms with Crippen molar-refractivity contribution in [3.05, 3.63) is 71.3 Å². The number of phenolic OH excluding ortho intramolecular Hbond substituents is 1. The van der Waals surface area contributed by atoms with Gasteiger partial charge < -0.3 is 40.3 Å². The normalized spacial score (nSPS) is 31.1. The molecule has 12 nitrogen and oxygen atoms in total. The van der Waals surface area contributed by atoms with Gasteiger partial charge in [0, 0.05) is 30.3 Å². The first-order chi connectivity index (χ1) is 20.5. The molecule has 3 heterocycles. The summed E-state index contributed by atoms with van der Waals surface area (Å²) in [7, 11) is 0. The number of piperidine rings is 1. The molecular formula is C31H34N2O10. The van der Waals surface area contributed by atoms with Crippen LogP contribution in [-0.4, -0.2) is 107 Å². The van der Waals surface area contributed by atoms with Gasteiger partial charge in [-0.2, -0.15) is 0 Å². The van der Waals surface area contributed by atoms with E-state index < -0.39 is 35.2 Å². The lowest BCUT2D eigenvalue weighted by molar-refractivity contribution is -0.196. The summed E-state index contributed by atoms with van der Waals surface area (Å²) in [5.74, 6) is -2.85. The van der Waals surface area contributed by atoms with Crippen molar-refractivity contribution >= 4 is 17.8 Å². The number of likely N-dealkylation sites (tertiary alicyclic amines) is 1. The molecule has 2 aromatic rings. The number of amides is 1. The highest BCUT2D eigenvalue weighted by atomic mass is 16.5. The molecule has 1 amide bonds. The van der Waals surface area contributed by atoms with Crippen molar-refractivity contribution in [3.8, 4) is 11.5 Å². The zero-order chi connectivity index (χ0) is 30.8. The highest BCUT2D eigenvalue weighted by Crippen LogP contribution is 2.66. The number of hydrogen-bond acceptors (Lipinski definition) is 9. The van der Waals surface area contributed by atoms with Crippen LogP contribution in [0.2, 0.25) is 0 Å². The third-order valence-electron chi connectivity index (χ3n) is 9.96. The van der Waals surface area contributed by atoms with Crippen molar-refractivity contribution in [1.29, 1.82) is 0 Å². The molecule has 0 radical (unpaired) electrons. The highest BCUT2D eigenvalue weighted by Gasteiger charge is 2.73. The SMILES string of the molecule is C=CCN1CC[C@]23c4c5ccc(O)c4O[C@H]2[C@@H](N2Cc4ccccc4C2=O)CC[C@@]3(O)[C@H]1C5.O=C(O)C(O)C(O)C(=O)O. The first-order valence-corrected chi connectivity index (χ1v) is 14.3. The maximum absolute atomic E-state index is 13.4. The molecule has 7 rings (SSSR count). The van der Waals surface area contributed by atoms with E-state index in [1.165, 1.54) is 0 Å². The number of aliphatic hydroxyl groups excluding tert-OH is 2. The number of aliphatic carboxylic acids is 2. The van der Waals surface area contributed by atoms with Gasteiger partial charge in [-0.15, -0.1) is 6.58 Å². The Kier molecular flexibility index (Phi) is 7.00. The van der Waals surface area contributed by atoms with Crippen LogP contribution in [0.15, 0.2) is 49.1 Å². The molecule has 12 heteroatoms. The van der Waals surface area contributed by atoms with E-state index in [1.807, 2.05) is 41.3 Å². The maximum Gasteiger partial charge on any atom is 0.335 e. The number of nitrogens with zero attached hydrogens (tertiary/aromatic N) is 2. The van der Waals surface area contributed by atoms with Crippen LogP contribution < -0.4 is 4.74 Å². The van der Waals surface area contributed by atoms with Gasteiger partial charge in [0.05, 0.1) is 17.1 Å². The van der Waals surface area contributed by atoms with Crippen LogP contribution in [0.1, 0.15) is 46.3 Å². The zero-order valence-corrected chi connectivity index (χ0v) is 23.3. The molecule has 6 N–H and O–H groups in total. The van der Waals surface area contributed by atoms with Crippen molar-refractivity contribution in [1.82, 2.24) is 9.80 Å². The number of carboxylic acid groups (broad SMARTS) is 2. The fourth-order valence-electron chi connectivity index (χ4n) is 8.12. The van der Waals surface area contributed by atoms with Crippen molar-refractivity contribution in [2.75, 3.05) is 13.1 Å². The van der Waals surface area contributed by atoms with Crippen LogP contribution in [-0.2, 0) is 28.0 Å². The first kappa shape index (κ1) is 29.1. The van der Waals surface area contributed by atoms with E-state index in [0.717, 1.165) is 48.2 Å². The maximum atomic E-state index is 13.4. The Labute approximate surface area is 247 Å². The number of phenols is 1. The minimum absolute atomic E-state index is 0.0363. The molecule has 2 bridgehead atoms. The monoisotopic (exact) mass is 594 g/mol. The average molecular weight is 595 g/mol. The standard InChI is InChI=1S/C27H28N2O4.C4H6O6/c1-2-12-28-13-11-26-22-16-7-8-20(30)23(22)33-24(26)19(9-10-27(26,32)21(28)14-16)29-15-17-5-3-4-6-18(17)25(29)31;5-1(3(7)8)2(6)4(9)10/h2-8,19,21,24,30,32H,1,9-15H2;1-2,5-6H,(H,7,8)(H,9,10)/t19-,21+,24-,26-,27+;/m0./s1. The van der Waals surface area contributed by atoms with Gasteiger partial charge in [-0.3, -0.25) is 9.69 Å². The van der Waals surface area contributed by atoms with Crippen LogP contribution in [0.25, 0.3) is 0 Å². The average Bonchev–Trinajstić information content (AvgIpc) is 3.51. The summed E-state index contributed by atoms with van der Waals surface area (Å²) in [6.45, 7) is 6.06. The van der Waals surface area contributed by atoms with Crippen LogP contribution in [0.3, 0.4) is 0 Å². The number of benzene rings is 2. The van der Waals surface area contributed by atoms with Gasteiger partial charge in [0.25, 0.3) is 5.91 Å². The fraction of sp³-hybridized carbons (Fsp3) is 0.452. The molecule has 1 saturated carbocycles. The number of carbonyl (C=O) groups excluding carboxylic acids is 1. The quantitative estimate of drug-likeness (QED) is 0.258. The Morgan fingerprint density at radius 3 is 2.42 bits per heavy atom. The number of hydrogen-bond donors (Lipinski definition) is 6. The summed E-state index contributed by atoms with van der Waals surface area (Å²) < 4.78 is 6.60. The van der Waals surface area contributed by atoms with Crippen LogP contribution in [0.4, 0.5) is 0 Å². The molecule has 2 fully saturated rings. The number of ether oxygens (including phenoxy) is 1. The summed E-state index contributed by atoms with van der Waals surface area (Å²) in [4.78, 5) is 37.3. The molecule has 228 valence electrons. The summed E-state index contributed by atoms with van der Waals surface area (Å²) in [6.07, 6.45) is -0.277. The lowest BCUT2D eigenvalue weighted by atomic mass is 9.48. The Morgan fingerprint density at radius 2 is 1.77 bits per heavy atom. The molecule has 1 saturated heterocycles. The van der Waals surface area contributed by atoms with Crippen LogP contribution in [0.5, 0.6) is 11.5 Å². The number of aliphatic hydroxyl groups is 3. The van der Waals surface area contributed by atoms with Crippen molar-refractivity contribution in [3.63, 3.8) is 0 Å². The van der Waals surface area contributed by atoms with Crippen LogP contribution >= 0.6 is 0 Å². The second-order valence-electron chi connectivity index (χ2n) is 11.9. The molecule has 43 heavy (non-hydrogen) atoms. The topological polar surface area (TPSA) is 188 Å². The molecule has 2 aromatic carbocycles. The van der Waals surface area contributed by atoms with E-state index in [9.17, 15) is 24.6 Å². The molecule has 0 aromatic heterocycles. The van der Waals surface area contributed by atoms with Gasteiger partial charge in [-0.25, -0.2) is 9.59 Å². The Balaban J connectivity index is 0.000000286. The zero-order valence-electron chi connectivity index (χ0n) is 23.3. The Hall–Kier alpha value is -3.97. The minimum atomic E-state index is -2.27. The summed E-state index contributed by atoms with van der Waals surface area (Å²) >= 11 is 0. The lowest BCUT2D eigenvalue weighted by Gasteiger charge is -2.64. The summed E-state index contributed by atoms with van der Waals surface area (Å²) in [5, 5.41) is 55.7. The smallest absolute Gasteiger partial charge is 0.335 e. The van der Waals surface area contributed by atoms with E-state index >= 15 is 0 Å². The Bertz CT molecular complexity index is 1490. The van der Waals surface area contributed by atoms with E-state index in [2.05, 4.69) is 11.5 Å². The summed E-state index contributed by atoms with van der Waals surface area (Å²) in [5.41, 5.74) is 2.33. The molecule has 2 aliphatic carbocycles. The molecule has 2 unspecified atom stereocenters. The lowest BCUT2D eigenvalue weighted by Crippen LogP contribution is -2.78. The van der Waals surface area contributed by atoms with Gasteiger partial charge in [-0.05, 0) is 55.5 Å². The molecular weight excluding hydrogens is 560 g/mol. The predicted octanol–water partition coefficient (Wildman–Crippen LogP) is 0.634. The molecule has 1 spiro atoms. The first-order valence-electron chi connectivity index (χ1n) is 14.3. The van der Waals surface area contributed by atoms with Crippen molar-refractivity contribution in [2.24, 2.45) is 0 Å². The third-order valence-corrected chi connectivity index (χ3v) is 9.96. The highest BCUT2D eigenvalue weighted by molar-refractivity contribution is 5.98. The molecule has 5 aliphatic rings. The molecule has 3 aliphatic heterocycles. The number of carboxylic acids is 2.